The lowest BCUT2D eigenvalue weighted by atomic mass is 10.2. The molecule has 1 N–H and O–H groups in total. The van der Waals surface area contributed by atoms with E-state index >= 15 is 0 Å². The summed E-state index contributed by atoms with van der Waals surface area (Å²) in [4.78, 5) is 24.2. The number of esters is 1. The maximum absolute atomic E-state index is 12.3. The number of amides is 1. The summed E-state index contributed by atoms with van der Waals surface area (Å²) in [5, 5.41) is 3.25. The third kappa shape index (κ3) is 5.13. The first-order valence-corrected chi connectivity index (χ1v) is 9.98. The van der Waals surface area contributed by atoms with E-state index in [1.807, 2.05) is 30.3 Å². The fourth-order valence-corrected chi connectivity index (χ4v) is 3.20. The summed E-state index contributed by atoms with van der Waals surface area (Å²) in [7, 11) is 1.27. The number of rotatable bonds is 5. The second-order valence-electron chi connectivity index (χ2n) is 7.48. The largest absolute Gasteiger partial charge is 0.485 e. The van der Waals surface area contributed by atoms with Gasteiger partial charge in [0.05, 0.1) is 17.3 Å². The first kappa shape index (κ1) is 21.7. The van der Waals surface area contributed by atoms with Gasteiger partial charge >= 0.3 is 12.1 Å². The van der Waals surface area contributed by atoms with Gasteiger partial charge in [-0.15, -0.1) is 0 Å². The minimum absolute atomic E-state index is 0.0205. The molecule has 1 aromatic heterocycles. The highest BCUT2D eigenvalue weighted by Crippen LogP contribution is 2.40. The van der Waals surface area contributed by atoms with E-state index in [1.54, 1.807) is 26.8 Å². The van der Waals surface area contributed by atoms with Gasteiger partial charge in [-0.25, -0.2) is 9.59 Å². The first-order valence-electron chi connectivity index (χ1n) is 9.19. The van der Waals surface area contributed by atoms with Gasteiger partial charge in [-0.3, -0.25) is 5.32 Å². The number of furan rings is 1. The Morgan fingerprint density at radius 1 is 1.13 bits per heavy atom. The van der Waals surface area contributed by atoms with Crippen LogP contribution in [0, 0.1) is 0 Å². The molecule has 0 saturated heterocycles. The average molecular weight is 476 g/mol. The highest BCUT2D eigenvalue weighted by molar-refractivity contribution is 9.10. The van der Waals surface area contributed by atoms with E-state index < -0.39 is 17.7 Å². The van der Waals surface area contributed by atoms with Crippen molar-refractivity contribution in [3.63, 3.8) is 0 Å². The third-order valence-corrected chi connectivity index (χ3v) is 4.82. The fourth-order valence-electron chi connectivity index (χ4n) is 2.69. The number of benzene rings is 2. The van der Waals surface area contributed by atoms with E-state index in [4.69, 9.17) is 18.6 Å². The van der Waals surface area contributed by atoms with Crippen molar-refractivity contribution in [2.45, 2.75) is 33.0 Å². The molecule has 8 heteroatoms. The Morgan fingerprint density at radius 2 is 1.83 bits per heavy atom. The van der Waals surface area contributed by atoms with Gasteiger partial charge < -0.3 is 18.6 Å². The van der Waals surface area contributed by atoms with Crippen LogP contribution in [0.4, 0.5) is 10.5 Å². The van der Waals surface area contributed by atoms with Crippen molar-refractivity contribution in [2.24, 2.45) is 0 Å². The molecule has 0 fully saturated rings. The Morgan fingerprint density at radius 3 is 2.47 bits per heavy atom. The lowest BCUT2D eigenvalue weighted by molar-refractivity contribution is 0.0566. The Labute approximate surface area is 182 Å². The molecule has 2 aromatic carbocycles. The smallest absolute Gasteiger partial charge is 0.412 e. The number of ether oxygens (including phenoxy) is 3. The summed E-state index contributed by atoms with van der Waals surface area (Å²) in [6, 6.07) is 12.7. The molecule has 0 unspecified atom stereocenters. The standard InChI is InChI=1S/C22H22BrNO6/c1-22(2,3)30-21(26)24-15-11-16(28-12-13-8-6-5-7-9-13)19-14(18(15)23)10-17(29-19)20(25)27-4/h5-11H,12H2,1-4H3,(H,24,26). The van der Waals surface area contributed by atoms with Crippen LogP contribution in [-0.2, 0) is 16.1 Å². The number of nitrogens with one attached hydrogen (secondary N) is 1. The van der Waals surface area contributed by atoms with Gasteiger partial charge in [0, 0.05) is 17.5 Å². The van der Waals surface area contributed by atoms with Crippen LogP contribution in [0.15, 0.2) is 51.4 Å². The van der Waals surface area contributed by atoms with Crippen LogP contribution in [-0.4, -0.2) is 24.8 Å². The van der Waals surface area contributed by atoms with E-state index in [0.29, 0.717) is 26.9 Å². The van der Waals surface area contributed by atoms with Crippen molar-refractivity contribution in [2.75, 3.05) is 12.4 Å². The molecule has 0 radical (unpaired) electrons. The Balaban J connectivity index is 2.00. The van der Waals surface area contributed by atoms with Gasteiger partial charge in [0.1, 0.15) is 12.2 Å². The van der Waals surface area contributed by atoms with Gasteiger partial charge in [0.15, 0.2) is 11.3 Å². The predicted molar refractivity (Wildman–Crippen MR) is 116 cm³/mol. The van der Waals surface area contributed by atoms with Crippen molar-refractivity contribution < 1.29 is 28.2 Å². The zero-order valence-corrected chi connectivity index (χ0v) is 18.7. The van der Waals surface area contributed by atoms with Crippen molar-refractivity contribution in [3.05, 3.63) is 58.3 Å². The fraction of sp³-hybridized carbons (Fsp3) is 0.273. The molecule has 0 atom stereocenters. The van der Waals surface area contributed by atoms with E-state index in [1.165, 1.54) is 13.2 Å². The number of methoxy groups -OCH3 is 1. The van der Waals surface area contributed by atoms with Gasteiger partial charge in [0.2, 0.25) is 5.76 Å². The Hall–Kier alpha value is -3.00. The molecular weight excluding hydrogens is 454 g/mol. The number of hydrogen-bond donors (Lipinski definition) is 1. The SMILES string of the molecule is COC(=O)c1cc2c(Br)c(NC(=O)OC(C)(C)C)cc(OCc3ccccc3)c2o1. The second kappa shape index (κ2) is 8.79. The monoisotopic (exact) mass is 475 g/mol. The van der Waals surface area contributed by atoms with Gasteiger partial charge in [-0.05, 0) is 42.3 Å². The summed E-state index contributed by atoms with van der Waals surface area (Å²) in [6.07, 6.45) is -0.617. The quantitative estimate of drug-likeness (QED) is 0.461. The average Bonchev–Trinajstić information content (AvgIpc) is 3.14. The number of carbonyl (C=O) groups excluding carboxylic acids is 2. The highest BCUT2D eigenvalue weighted by atomic mass is 79.9. The summed E-state index contributed by atoms with van der Waals surface area (Å²) in [6.45, 7) is 5.60. The number of carbonyl (C=O) groups is 2. The third-order valence-electron chi connectivity index (χ3n) is 3.96. The molecule has 0 aliphatic heterocycles. The van der Waals surface area contributed by atoms with Gasteiger partial charge in [0.25, 0.3) is 0 Å². The molecule has 158 valence electrons. The minimum atomic E-state index is -0.652. The van der Waals surface area contributed by atoms with Crippen LogP contribution in [0.3, 0.4) is 0 Å². The second-order valence-corrected chi connectivity index (χ2v) is 8.28. The van der Waals surface area contributed by atoms with Crippen LogP contribution in [0.5, 0.6) is 5.75 Å². The molecule has 0 aliphatic carbocycles. The molecule has 1 amide bonds. The van der Waals surface area contributed by atoms with E-state index in [9.17, 15) is 9.59 Å². The molecule has 1 heterocycles. The lowest BCUT2D eigenvalue weighted by Crippen LogP contribution is -2.27. The zero-order valence-electron chi connectivity index (χ0n) is 17.1. The molecule has 0 spiro atoms. The maximum Gasteiger partial charge on any atom is 0.412 e. The van der Waals surface area contributed by atoms with Crippen molar-refractivity contribution >= 4 is 44.6 Å². The molecule has 3 rings (SSSR count). The zero-order chi connectivity index (χ0) is 21.9. The first-order chi connectivity index (χ1) is 14.2. The van der Waals surface area contributed by atoms with Gasteiger partial charge in [-0.2, -0.15) is 0 Å². The Kier molecular flexibility index (Phi) is 6.36. The van der Waals surface area contributed by atoms with Crippen LogP contribution < -0.4 is 10.1 Å². The summed E-state index contributed by atoms with van der Waals surface area (Å²) < 4.78 is 22.2. The predicted octanol–water partition coefficient (Wildman–Crippen LogP) is 5.91. The minimum Gasteiger partial charge on any atom is -0.485 e. The van der Waals surface area contributed by atoms with Crippen molar-refractivity contribution in [1.82, 2.24) is 0 Å². The van der Waals surface area contributed by atoms with Crippen LogP contribution in [0.2, 0.25) is 0 Å². The van der Waals surface area contributed by atoms with Crippen molar-refractivity contribution in [3.8, 4) is 5.75 Å². The molecule has 30 heavy (non-hydrogen) atoms. The van der Waals surface area contributed by atoms with Crippen LogP contribution in [0.25, 0.3) is 11.0 Å². The van der Waals surface area contributed by atoms with Crippen molar-refractivity contribution in [1.29, 1.82) is 0 Å². The van der Waals surface area contributed by atoms with Gasteiger partial charge in [-0.1, -0.05) is 30.3 Å². The summed E-state index contributed by atoms with van der Waals surface area (Å²) in [5.74, 6) is -0.237. The summed E-state index contributed by atoms with van der Waals surface area (Å²) >= 11 is 3.47. The van der Waals surface area contributed by atoms with E-state index in [-0.39, 0.29) is 12.4 Å². The molecular formula is C22H22BrNO6. The number of anilines is 1. The maximum atomic E-state index is 12.3. The van der Waals surface area contributed by atoms with E-state index in [0.717, 1.165) is 5.56 Å². The van der Waals surface area contributed by atoms with Crippen LogP contribution in [0.1, 0.15) is 36.9 Å². The topological polar surface area (TPSA) is 87.0 Å². The van der Waals surface area contributed by atoms with Crippen LogP contribution >= 0.6 is 15.9 Å². The van der Waals surface area contributed by atoms with E-state index in [2.05, 4.69) is 21.2 Å². The molecule has 0 aliphatic rings. The number of halogens is 1. The molecule has 0 bridgehead atoms. The normalized spacial score (nSPS) is 11.2. The highest BCUT2D eigenvalue weighted by Gasteiger charge is 2.23. The molecule has 0 saturated carbocycles. The molecule has 3 aromatic rings. The lowest BCUT2D eigenvalue weighted by Gasteiger charge is -2.20. The number of fused-ring (bicyclic) bond motifs is 1. The summed E-state index contributed by atoms with van der Waals surface area (Å²) in [5.41, 5.74) is 1.07. The molecule has 7 nitrogen and oxygen atoms in total. The number of hydrogen-bond acceptors (Lipinski definition) is 6. The Bertz CT molecular complexity index is 1070.